The molecule has 0 spiro atoms. The number of imidazole rings is 1. The van der Waals surface area contributed by atoms with Crippen molar-refractivity contribution in [2.24, 2.45) is 5.73 Å². The van der Waals surface area contributed by atoms with Crippen molar-refractivity contribution in [3.05, 3.63) is 36.8 Å². The van der Waals surface area contributed by atoms with Crippen molar-refractivity contribution < 1.29 is 4.79 Å². The van der Waals surface area contributed by atoms with Crippen LogP contribution in [0.3, 0.4) is 0 Å². The lowest BCUT2D eigenvalue weighted by atomic mass is 10.4. The summed E-state index contributed by atoms with van der Waals surface area (Å²) in [6.45, 7) is 0. The van der Waals surface area contributed by atoms with Crippen LogP contribution in [0.5, 0.6) is 0 Å². The molecule has 0 saturated heterocycles. The number of aromatic nitrogens is 4. The summed E-state index contributed by atoms with van der Waals surface area (Å²) in [7, 11) is 0. The van der Waals surface area contributed by atoms with E-state index in [-0.39, 0.29) is 5.69 Å². The number of nitrogens with two attached hydrogens (primary N) is 1. The molecule has 2 N–H and O–H groups in total. The zero-order valence-electron chi connectivity index (χ0n) is 7.16. The molecule has 0 unspecified atom stereocenters. The second kappa shape index (κ2) is 3.25. The molecule has 2 rings (SSSR count). The SMILES string of the molecule is NC(=O)c1cc(-n2ccnc2)ncn1. The van der Waals surface area contributed by atoms with Gasteiger partial charge in [0, 0.05) is 18.5 Å². The van der Waals surface area contributed by atoms with E-state index in [2.05, 4.69) is 15.0 Å². The summed E-state index contributed by atoms with van der Waals surface area (Å²) in [5.41, 5.74) is 5.27. The first-order valence-electron chi connectivity index (χ1n) is 3.87. The van der Waals surface area contributed by atoms with Crippen LogP contribution in [-0.4, -0.2) is 25.4 Å². The summed E-state index contributed by atoms with van der Waals surface area (Å²) in [5.74, 6) is -0.0138. The molecule has 2 aromatic heterocycles. The average molecular weight is 189 g/mol. The van der Waals surface area contributed by atoms with Crippen LogP contribution in [0.25, 0.3) is 5.82 Å². The number of hydrogen-bond donors (Lipinski definition) is 1. The highest BCUT2D eigenvalue weighted by molar-refractivity contribution is 5.90. The molecule has 0 aliphatic heterocycles. The van der Waals surface area contributed by atoms with Gasteiger partial charge >= 0.3 is 0 Å². The van der Waals surface area contributed by atoms with Gasteiger partial charge in [-0.2, -0.15) is 0 Å². The van der Waals surface area contributed by atoms with Crippen LogP contribution in [0.4, 0.5) is 0 Å². The predicted molar refractivity (Wildman–Crippen MR) is 47.7 cm³/mol. The lowest BCUT2D eigenvalue weighted by molar-refractivity contribution is 0.0995. The fraction of sp³-hybridized carbons (Fsp3) is 0. The molecule has 0 radical (unpaired) electrons. The largest absolute Gasteiger partial charge is 0.364 e. The Kier molecular flexibility index (Phi) is 1.94. The Balaban J connectivity index is 2.46. The van der Waals surface area contributed by atoms with Gasteiger partial charge in [-0.15, -0.1) is 0 Å². The molecule has 2 aromatic rings. The van der Waals surface area contributed by atoms with Crippen LogP contribution in [0.15, 0.2) is 31.1 Å². The summed E-state index contributed by atoms with van der Waals surface area (Å²) >= 11 is 0. The van der Waals surface area contributed by atoms with Crippen molar-refractivity contribution in [3.8, 4) is 5.82 Å². The average Bonchev–Trinajstić information content (AvgIpc) is 2.71. The molecule has 70 valence electrons. The summed E-state index contributed by atoms with van der Waals surface area (Å²) in [5, 5.41) is 0. The Morgan fingerprint density at radius 2 is 2.29 bits per heavy atom. The van der Waals surface area contributed by atoms with E-state index in [1.54, 1.807) is 23.3 Å². The quantitative estimate of drug-likeness (QED) is 0.706. The standard InChI is InChI=1S/C8H7N5O/c9-8(14)6-3-7(12-4-11-6)13-2-1-10-5-13/h1-5H,(H2,9,14). The predicted octanol–water partition coefficient (Wildman–Crippen LogP) is -0.239. The third kappa shape index (κ3) is 1.45. The van der Waals surface area contributed by atoms with Crippen molar-refractivity contribution in [3.63, 3.8) is 0 Å². The maximum atomic E-state index is 10.8. The van der Waals surface area contributed by atoms with E-state index >= 15 is 0 Å². The topological polar surface area (TPSA) is 86.7 Å². The van der Waals surface area contributed by atoms with Gasteiger partial charge in [0.1, 0.15) is 24.2 Å². The van der Waals surface area contributed by atoms with E-state index in [0.717, 1.165) is 0 Å². The van der Waals surface area contributed by atoms with E-state index in [4.69, 9.17) is 5.73 Å². The van der Waals surface area contributed by atoms with Crippen LogP contribution in [0, 0.1) is 0 Å². The smallest absolute Gasteiger partial charge is 0.267 e. The Morgan fingerprint density at radius 1 is 1.43 bits per heavy atom. The van der Waals surface area contributed by atoms with Gasteiger partial charge in [0.25, 0.3) is 5.91 Å². The number of carbonyl (C=O) groups excluding carboxylic acids is 1. The van der Waals surface area contributed by atoms with Gasteiger partial charge in [-0.05, 0) is 0 Å². The van der Waals surface area contributed by atoms with Crippen LogP contribution in [0.1, 0.15) is 10.5 Å². The number of hydrogen-bond acceptors (Lipinski definition) is 4. The Bertz CT molecular complexity index is 451. The van der Waals surface area contributed by atoms with Gasteiger partial charge in [0.05, 0.1) is 0 Å². The van der Waals surface area contributed by atoms with E-state index < -0.39 is 5.91 Å². The number of rotatable bonds is 2. The molecule has 14 heavy (non-hydrogen) atoms. The summed E-state index contributed by atoms with van der Waals surface area (Å²) in [6.07, 6.45) is 6.20. The fourth-order valence-electron chi connectivity index (χ4n) is 1.02. The lowest BCUT2D eigenvalue weighted by Crippen LogP contribution is -2.14. The van der Waals surface area contributed by atoms with Crippen molar-refractivity contribution in [1.29, 1.82) is 0 Å². The minimum Gasteiger partial charge on any atom is -0.364 e. The molecule has 0 aromatic carbocycles. The molecule has 6 nitrogen and oxygen atoms in total. The maximum absolute atomic E-state index is 10.8. The normalized spacial score (nSPS) is 10.0. The molecule has 0 atom stereocenters. The Hall–Kier alpha value is -2.24. The first-order valence-corrected chi connectivity index (χ1v) is 3.87. The third-order valence-electron chi connectivity index (χ3n) is 1.67. The second-order valence-corrected chi connectivity index (χ2v) is 2.60. The van der Waals surface area contributed by atoms with Crippen LogP contribution < -0.4 is 5.73 Å². The van der Waals surface area contributed by atoms with Gasteiger partial charge < -0.3 is 5.73 Å². The molecule has 0 bridgehead atoms. The van der Waals surface area contributed by atoms with Gasteiger partial charge in [-0.1, -0.05) is 0 Å². The molecular weight excluding hydrogens is 182 g/mol. The Morgan fingerprint density at radius 3 is 2.93 bits per heavy atom. The second-order valence-electron chi connectivity index (χ2n) is 2.60. The summed E-state index contributed by atoms with van der Waals surface area (Å²) in [6, 6.07) is 1.50. The zero-order valence-corrected chi connectivity index (χ0v) is 7.16. The fourth-order valence-corrected chi connectivity index (χ4v) is 1.02. The molecule has 0 saturated carbocycles. The van der Waals surface area contributed by atoms with E-state index in [1.165, 1.54) is 12.4 Å². The van der Waals surface area contributed by atoms with Crippen LogP contribution in [-0.2, 0) is 0 Å². The Labute approximate surface area is 79.4 Å². The molecule has 0 fully saturated rings. The number of nitrogens with zero attached hydrogens (tertiary/aromatic N) is 4. The first kappa shape index (κ1) is 8.36. The monoisotopic (exact) mass is 189 g/mol. The van der Waals surface area contributed by atoms with Crippen LogP contribution in [0.2, 0.25) is 0 Å². The van der Waals surface area contributed by atoms with Crippen molar-refractivity contribution >= 4 is 5.91 Å². The van der Waals surface area contributed by atoms with Crippen molar-refractivity contribution in [2.45, 2.75) is 0 Å². The minimum atomic E-state index is -0.575. The molecular formula is C8H7N5O. The highest BCUT2D eigenvalue weighted by Crippen LogP contribution is 2.03. The van der Waals surface area contributed by atoms with Gasteiger partial charge in [-0.3, -0.25) is 9.36 Å². The van der Waals surface area contributed by atoms with E-state index in [1.807, 2.05) is 0 Å². The molecule has 6 heteroatoms. The van der Waals surface area contributed by atoms with Gasteiger partial charge in [0.15, 0.2) is 0 Å². The number of amides is 1. The van der Waals surface area contributed by atoms with E-state index in [9.17, 15) is 4.79 Å². The zero-order chi connectivity index (χ0) is 9.97. The number of primary amides is 1. The molecule has 1 amide bonds. The first-order chi connectivity index (χ1) is 6.77. The molecule has 0 aliphatic carbocycles. The minimum absolute atomic E-state index is 0.184. The summed E-state index contributed by atoms with van der Waals surface area (Å²) < 4.78 is 1.66. The number of carbonyl (C=O) groups is 1. The summed E-state index contributed by atoms with van der Waals surface area (Å²) in [4.78, 5) is 22.4. The molecule has 0 aliphatic rings. The molecule has 2 heterocycles. The maximum Gasteiger partial charge on any atom is 0.267 e. The third-order valence-corrected chi connectivity index (χ3v) is 1.67. The lowest BCUT2D eigenvalue weighted by Gasteiger charge is -2.00. The van der Waals surface area contributed by atoms with Gasteiger partial charge in [-0.25, -0.2) is 15.0 Å². The van der Waals surface area contributed by atoms with Crippen LogP contribution >= 0.6 is 0 Å². The highest BCUT2D eigenvalue weighted by Gasteiger charge is 2.04. The van der Waals surface area contributed by atoms with Gasteiger partial charge in [0.2, 0.25) is 0 Å². The van der Waals surface area contributed by atoms with Crippen molar-refractivity contribution in [2.75, 3.05) is 0 Å². The van der Waals surface area contributed by atoms with Crippen molar-refractivity contribution in [1.82, 2.24) is 19.5 Å². The van der Waals surface area contributed by atoms with E-state index in [0.29, 0.717) is 5.82 Å². The highest BCUT2D eigenvalue weighted by atomic mass is 16.1.